The van der Waals surface area contributed by atoms with Gasteiger partial charge in [-0.15, -0.1) is 0 Å². The molecule has 1 heterocycles. The molecule has 1 aliphatic heterocycles. The number of rotatable bonds is 8. The van der Waals surface area contributed by atoms with Crippen molar-refractivity contribution in [2.45, 2.75) is 51.4 Å². The molecule has 0 aliphatic carbocycles. The highest BCUT2D eigenvalue weighted by Gasteiger charge is 2.29. The second-order valence-corrected chi connectivity index (χ2v) is 10.3. The van der Waals surface area contributed by atoms with Crippen LogP contribution in [0.2, 0.25) is 5.02 Å². The molecule has 4 rings (SSSR count). The largest absolute Gasteiger partial charge is 0.493 e. The number of carbonyl (C=O) groups is 2. The molecule has 0 bridgehead atoms. The number of carboxylic acid groups (broad SMARTS) is 1. The molecule has 0 fully saturated rings. The number of nitrogens with one attached hydrogen (secondary N) is 1. The number of carbonyl (C=O) groups excluding carboxylic acids is 1. The number of fused-ring (bicyclic) bond motifs is 1. The molecule has 0 radical (unpaired) electrons. The van der Waals surface area contributed by atoms with Gasteiger partial charge in [0.1, 0.15) is 23.5 Å². The number of carboxylic acids is 1. The Balaban J connectivity index is 1.45. The average Bonchev–Trinajstić information content (AvgIpc) is 2.84. The molecule has 7 nitrogen and oxygen atoms in total. The molecular weight excluding hydrogens is 494 g/mol. The summed E-state index contributed by atoms with van der Waals surface area (Å²) in [5, 5.41) is 12.7. The van der Waals surface area contributed by atoms with E-state index in [4.69, 9.17) is 25.8 Å². The average molecular weight is 524 g/mol. The van der Waals surface area contributed by atoms with Gasteiger partial charge in [-0.3, -0.25) is 9.59 Å². The van der Waals surface area contributed by atoms with Crippen LogP contribution in [0.3, 0.4) is 0 Å². The summed E-state index contributed by atoms with van der Waals surface area (Å²) >= 11 is 6.39. The van der Waals surface area contributed by atoms with Crippen molar-refractivity contribution in [2.75, 3.05) is 6.61 Å². The summed E-state index contributed by atoms with van der Waals surface area (Å²) in [6.07, 6.45) is 0.414. The molecule has 0 spiro atoms. The second-order valence-electron chi connectivity index (χ2n) is 9.86. The van der Waals surface area contributed by atoms with Crippen LogP contribution in [0.4, 0.5) is 0 Å². The number of halogens is 1. The first-order valence-corrected chi connectivity index (χ1v) is 12.5. The van der Waals surface area contributed by atoms with Gasteiger partial charge in [-0.2, -0.15) is 0 Å². The predicted molar refractivity (Wildman–Crippen MR) is 141 cm³/mol. The summed E-state index contributed by atoms with van der Waals surface area (Å²) in [6, 6.07) is 19.7. The Morgan fingerprint density at radius 3 is 2.46 bits per heavy atom. The Hall–Kier alpha value is -3.55. The summed E-state index contributed by atoms with van der Waals surface area (Å²) < 4.78 is 17.6. The first kappa shape index (κ1) is 26.5. The molecule has 194 valence electrons. The molecule has 0 aromatic heterocycles. The molecule has 1 aliphatic rings. The highest BCUT2D eigenvalue weighted by molar-refractivity contribution is 6.32. The van der Waals surface area contributed by atoms with E-state index >= 15 is 0 Å². The van der Waals surface area contributed by atoms with Crippen molar-refractivity contribution in [1.29, 1.82) is 0 Å². The van der Waals surface area contributed by atoms with Crippen molar-refractivity contribution in [1.82, 2.24) is 5.32 Å². The van der Waals surface area contributed by atoms with Gasteiger partial charge < -0.3 is 24.6 Å². The number of hydrogen-bond donors (Lipinski definition) is 2. The fraction of sp³-hybridized carbons (Fsp3) is 0.310. The quantitative estimate of drug-likeness (QED) is 0.341. The normalized spacial score (nSPS) is 15.7. The number of ether oxygens (including phenoxy) is 3. The van der Waals surface area contributed by atoms with E-state index in [0.29, 0.717) is 47.8 Å². The molecule has 2 N–H and O–H groups in total. The highest BCUT2D eigenvalue weighted by Crippen LogP contribution is 2.41. The molecule has 37 heavy (non-hydrogen) atoms. The van der Waals surface area contributed by atoms with Gasteiger partial charge in [0.25, 0.3) is 5.91 Å². The van der Waals surface area contributed by atoms with Gasteiger partial charge in [0, 0.05) is 23.6 Å². The maximum atomic E-state index is 13.0. The van der Waals surface area contributed by atoms with Crippen LogP contribution in [0, 0.1) is 0 Å². The Morgan fingerprint density at radius 1 is 1.11 bits per heavy atom. The van der Waals surface area contributed by atoms with Crippen molar-refractivity contribution in [3.63, 3.8) is 0 Å². The van der Waals surface area contributed by atoms with Crippen LogP contribution < -0.4 is 14.8 Å². The lowest BCUT2D eigenvalue weighted by molar-refractivity contribution is -0.139. The number of amides is 1. The first-order chi connectivity index (χ1) is 17.6. The smallest absolute Gasteiger partial charge is 0.311 e. The van der Waals surface area contributed by atoms with Crippen LogP contribution in [0.25, 0.3) is 0 Å². The van der Waals surface area contributed by atoms with Crippen molar-refractivity contribution in [3.8, 4) is 17.2 Å². The van der Waals surface area contributed by atoms with E-state index in [0.717, 1.165) is 5.56 Å². The number of hydrogen-bond acceptors (Lipinski definition) is 5. The summed E-state index contributed by atoms with van der Waals surface area (Å²) in [6.45, 7) is 6.14. The lowest BCUT2D eigenvalue weighted by Crippen LogP contribution is -2.43. The van der Waals surface area contributed by atoms with Crippen LogP contribution in [0.1, 0.15) is 54.6 Å². The van der Waals surface area contributed by atoms with E-state index in [2.05, 4.69) is 5.32 Å². The molecule has 2 unspecified atom stereocenters. The van der Waals surface area contributed by atoms with Crippen LogP contribution in [0.5, 0.6) is 17.2 Å². The zero-order valence-corrected chi connectivity index (χ0v) is 21.7. The lowest BCUT2D eigenvalue weighted by Gasteiger charge is -2.28. The molecule has 0 saturated carbocycles. The van der Waals surface area contributed by atoms with Gasteiger partial charge >= 0.3 is 5.97 Å². The molecule has 3 aromatic rings. The second kappa shape index (κ2) is 11.2. The molecule has 3 aromatic carbocycles. The minimum Gasteiger partial charge on any atom is -0.493 e. The fourth-order valence-corrected chi connectivity index (χ4v) is 4.34. The fourth-order valence-electron chi connectivity index (χ4n) is 4.13. The number of aliphatic carboxylic acids is 1. The highest BCUT2D eigenvalue weighted by atomic mass is 35.5. The Morgan fingerprint density at radius 2 is 1.81 bits per heavy atom. The van der Waals surface area contributed by atoms with Crippen molar-refractivity contribution in [2.24, 2.45) is 0 Å². The third-order valence-corrected chi connectivity index (χ3v) is 6.09. The molecule has 1 amide bonds. The van der Waals surface area contributed by atoms with E-state index in [9.17, 15) is 14.7 Å². The summed E-state index contributed by atoms with van der Waals surface area (Å²) in [7, 11) is 0. The maximum Gasteiger partial charge on any atom is 0.311 e. The van der Waals surface area contributed by atoms with E-state index in [1.54, 1.807) is 36.4 Å². The van der Waals surface area contributed by atoms with Crippen LogP contribution in [0.15, 0.2) is 66.7 Å². The summed E-state index contributed by atoms with van der Waals surface area (Å²) in [5.41, 5.74) is 1.60. The van der Waals surface area contributed by atoms with Gasteiger partial charge in [0.15, 0.2) is 0 Å². The van der Waals surface area contributed by atoms with Gasteiger partial charge in [0.05, 0.1) is 23.1 Å². The molecule has 2 atom stereocenters. The third kappa shape index (κ3) is 7.02. The molecular formula is C29H30ClNO6. The van der Waals surface area contributed by atoms with Crippen molar-refractivity contribution in [3.05, 3.63) is 88.4 Å². The minimum absolute atomic E-state index is 0.267. The lowest BCUT2D eigenvalue weighted by atomic mass is 9.93. The zero-order chi connectivity index (χ0) is 26.6. The molecule has 0 saturated heterocycles. The van der Waals surface area contributed by atoms with E-state index in [1.807, 2.05) is 51.1 Å². The van der Waals surface area contributed by atoms with Crippen LogP contribution >= 0.6 is 11.6 Å². The monoisotopic (exact) mass is 523 g/mol. The molecule has 8 heteroatoms. The Bertz CT molecular complexity index is 1250. The van der Waals surface area contributed by atoms with Crippen LogP contribution in [-0.4, -0.2) is 35.4 Å². The van der Waals surface area contributed by atoms with Gasteiger partial charge in [-0.1, -0.05) is 41.9 Å². The van der Waals surface area contributed by atoms with E-state index in [1.165, 1.54) is 0 Å². The van der Waals surface area contributed by atoms with E-state index in [-0.39, 0.29) is 10.9 Å². The first-order valence-electron chi connectivity index (χ1n) is 12.1. The Labute approximate surface area is 221 Å². The Kier molecular flexibility index (Phi) is 8.05. The van der Waals surface area contributed by atoms with Gasteiger partial charge in [0.2, 0.25) is 0 Å². The maximum absolute atomic E-state index is 13.0. The van der Waals surface area contributed by atoms with Crippen molar-refractivity contribution >= 4 is 23.5 Å². The van der Waals surface area contributed by atoms with Crippen molar-refractivity contribution < 1.29 is 28.9 Å². The van der Waals surface area contributed by atoms with Gasteiger partial charge in [-0.25, -0.2) is 0 Å². The van der Waals surface area contributed by atoms with Crippen LogP contribution in [-0.2, 0) is 16.0 Å². The summed E-state index contributed by atoms with van der Waals surface area (Å²) in [4.78, 5) is 24.5. The standard InChI is InChI=1S/C29H30ClNO6/c1-29(2,3)37-26(15-18-7-5-4-6-8-18)31-27(32)19-9-11-20(12-10-19)36-25-17-24-22(16-23(25)30)21(28(33)34)13-14-35-24/h4-12,16-17,21,26H,13-15H2,1-3H3,(H,31,32)(H,33,34). The SMILES string of the molecule is CC(C)(C)OC(Cc1ccccc1)NC(=O)c1ccc(Oc2cc3c(cc2Cl)C(C(=O)O)CCO3)cc1. The predicted octanol–water partition coefficient (Wildman–Crippen LogP) is 6.20. The van der Waals surface area contributed by atoms with E-state index < -0.39 is 23.7 Å². The summed E-state index contributed by atoms with van der Waals surface area (Å²) in [5.74, 6) is -0.599. The third-order valence-electron chi connectivity index (χ3n) is 5.80. The minimum atomic E-state index is -0.915. The zero-order valence-electron chi connectivity index (χ0n) is 21.0. The van der Waals surface area contributed by atoms with Gasteiger partial charge in [-0.05, 0) is 63.1 Å². The number of benzene rings is 3. The topological polar surface area (TPSA) is 94.1 Å².